The number of hydrogen-bond donors (Lipinski definition) is 0. The first kappa shape index (κ1) is 15.2. The van der Waals surface area contributed by atoms with E-state index in [4.69, 9.17) is 0 Å². The van der Waals surface area contributed by atoms with E-state index in [-0.39, 0.29) is 0 Å². The lowest BCUT2D eigenvalue weighted by molar-refractivity contribution is 0.283. The van der Waals surface area contributed by atoms with Crippen LogP contribution in [-0.2, 0) is 6.42 Å². The molecule has 1 unspecified atom stereocenters. The van der Waals surface area contributed by atoms with Gasteiger partial charge >= 0.3 is 0 Å². The molecule has 0 aromatic carbocycles. The Bertz CT molecular complexity index is 335. The van der Waals surface area contributed by atoms with Gasteiger partial charge in [0, 0.05) is 22.2 Å². The summed E-state index contributed by atoms with van der Waals surface area (Å²) in [4.78, 5) is 4.26. The molecule has 1 nitrogen and oxygen atoms in total. The van der Waals surface area contributed by atoms with E-state index in [1.165, 1.54) is 31.2 Å². The van der Waals surface area contributed by atoms with Crippen LogP contribution in [0.1, 0.15) is 45.1 Å². The molecule has 0 spiro atoms. The molecule has 1 rings (SSSR count). The Balaban J connectivity index is 2.78. The predicted octanol–water partition coefficient (Wildman–Crippen LogP) is 5.37. The average molecular weight is 363 g/mol. The molecule has 0 aliphatic heterocycles. The quantitative estimate of drug-likeness (QED) is 0.594. The van der Waals surface area contributed by atoms with E-state index in [9.17, 15) is 0 Å². The molecule has 17 heavy (non-hydrogen) atoms. The largest absolute Gasteiger partial charge is 0.263 e. The molecule has 0 aliphatic carbocycles. The highest BCUT2D eigenvalue weighted by Crippen LogP contribution is 2.35. The molecule has 0 bridgehead atoms. The van der Waals surface area contributed by atoms with E-state index in [2.05, 4.69) is 56.8 Å². The number of rotatable bonds is 7. The number of nitrogens with zero attached hydrogens (tertiary/aromatic N) is 1. The zero-order valence-corrected chi connectivity index (χ0v) is 13.8. The normalized spacial score (nSPS) is 14.6. The van der Waals surface area contributed by atoms with Gasteiger partial charge in [0.15, 0.2) is 0 Å². The number of aromatic nitrogens is 1. The van der Waals surface area contributed by atoms with Crippen molar-refractivity contribution in [2.45, 2.75) is 46.0 Å². The number of pyridine rings is 1. The van der Waals surface area contributed by atoms with Crippen LogP contribution >= 0.6 is 31.9 Å². The molecular formula is C14H21Br2N. The van der Waals surface area contributed by atoms with Crippen molar-refractivity contribution in [1.82, 2.24) is 4.98 Å². The Hall–Kier alpha value is 0.110. The Kier molecular flexibility index (Phi) is 6.71. The smallest absolute Gasteiger partial charge is 0.0410 e. The van der Waals surface area contributed by atoms with E-state index in [0.29, 0.717) is 5.41 Å². The highest BCUT2D eigenvalue weighted by Gasteiger charge is 2.26. The van der Waals surface area contributed by atoms with Crippen LogP contribution in [-0.4, -0.2) is 10.3 Å². The molecule has 1 aromatic heterocycles. The third-order valence-electron chi connectivity index (χ3n) is 3.43. The van der Waals surface area contributed by atoms with Gasteiger partial charge in [-0.25, -0.2) is 0 Å². The molecule has 0 radical (unpaired) electrons. The summed E-state index contributed by atoms with van der Waals surface area (Å²) in [6, 6.07) is 2.19. The molecule has 0 aliphatic rings. The van der Waals surface area contributed by atoms with Gasteiger partial charge in [-0.2, -0.15) is 0 Å². The van der Waals surface area contributed by atoms with E-state index in [0.717, 1.165) is 16.2 Å². The second-order valence-corrected chi connectivity index (χ2v) is 6.26. The minimum absolute atomic E-state index is 0.387. The van der Waals surface area contributed by atoms with Gasteiger partial charge in [-0.3, -0.25) is 4.98 Å². The first-order chi connectivity index (χ1) is 8.15. The highest BCUT2D eigenvalue weighted by atomic mass is 79.9. The maximum Gasteiger partial charge on any atom is 0.0410 e. The Morgan fingerprint density at radius 1 is 1.29 bits per heavy atom. The molecule has 0 saturated carbocycles. The fourth-order valence-electron chi connectivity index (χ4n) is 2.14. The molecule has 1 heterocycles. The van der Waals surface area contributed by atoms with Gasteiger partial charge in [-0.1, -0.05) is 42.6 Å². The summed E-state index contributed by atoms with van der Waals surface area (Å²) in [5.41, 5.74) is 1.72. The SMILES string of the molecule is CCCCC(CC)(CBr)Cc1cncc(Br)c1. The van der Waals surface area contributed by atoms with Crippen LogP contribution in [0.3, 0.4) is 0 Å². The Morgan fingerprint density at radius 2 is 2.06 bits per heavy atom. The van der Waals surface area contributed by atoms with Gasteiger partial charge in [-0.15, -0.1) is 0 Å². The van der Waals surface area contributed by atoms with E-state index in [1.54, 1.807) is 0 Å². The van der Waals surface area contributed by atoms with Crippen molar-refractivity contribution >= 4 is 31.9 Å². The zero-order valence-electron chi connectivity index (χ0n) is 10.7. The number of halogens is 2. The maximum atomic E-state index is 4.26. The van der Waals surface area contributed by atoms with E-state index < -0.39 is 0 Å². The number of hydrogen-bond acceptors (Lipinski definition) is 1. The van der Waals surface area contributed by atoms with E-state index >= 15 is 0 Å². The molecule has 1 atom stereocenters. The lowest BCUT2D eigenvalue weighted by atomic mass is 9.77. The summed E-state index contributed by atoms with van der Waals surface area (Å²) in [6.07, 6.45) is 10.0. The molecule has 3 heteroatoms. The monoisotopic (exact) mass is 361 g/mol. The number of alkyl halides is 1. The average Bonchev–Trinajstić information content (AvgIpc) is 2.35. The van der Waals surface area contributed by atoms with Crippen molar-refractivity contribution in [2.24, 2.45) is 5.41 Å². The van der Waals surface area contributed by atoms with Crippen LogP contribution in [0.4, 0.5) is 0 Å². The van der Waals surface area contributed by atoms with E-state index in [1.807, 2.05) is 12.4 Å². The van der Waals surface area contributed by atoms with Crippen molar-refractivity contribution in [3.8, 4) is 0 Å². The summed E-state index contributed by atoms with van der Waals surface area (Å²) in [5, 5.41) is 1.07. The Morgan fingerprint density at radius 3 is 2.59 bits per heavy atom. The first-order valence-corrected chi connectivity index (χ1v) is 8.22. The fourth-order valence-corrected chi connectivity index (χ4v) is 3.42. The molecule has 0 saturated heterocycles. The molecule has 0 amide bonds. The van der Waals surface area contributed by atoms with Crippen molar-refractivity contribution in [3.05, 3.63) is 28.5 Å². The van der Waals surface area contributed by atoms with Gasteiger partial charge in [0.25, 0.3) is 0 Å². The predicted molar refractivity (Wildman–Crippen MR) is 81.7 cm³/mol. The maximum absolute atomic E-state index is 4.26. The second kappa shape index (κ2) is 7.52. The lowest BCUT2D eigenvalue weighted by Crippen LogP contribution is -2.25. The van der Waals surface area contributed by atoms with Crippen LogP contribution in [0.5, 0.6) is 0 Å². The van der Waals surface area contributed by atoms with Crippen molar-refractivity contribution in [2.75, 3.05) is 5.33 Å². The second-order valence-electron chi connectivity index (χ2n) is 4.78. The summed E-state index contributed by atoms with van der Waals surface area (Å²) in [6.45, 7) is 4.55. The number of unbranched alkanes of at least 4 members (excludes halogenated alkanes) is 1. The topological polar surface area (TPSA) is 12.9 Å². The van der Waals surface area contributed by atoms with Gasteiger partial charge in [0.2, 0.25) is 0 Å². The van der Waals surface area contributed by atoms with Gasteiger partial charge in [-0.05, 0) is 52.2 Å². The summed E-state index contributed by atoms with van der Waals surface area (Å²) in [5.74, 6) is 0. The highest BCUT2D eigenvalue weighted by molar-refractivity contribution is 9.10. The molecule has 0 fully saturated rings. The summed E-state index contributed by atoms with van der Waals surface area (Å²) < 4.78 is 1.07. The van der Waals surface area contributed by atoms with Crippen molar-refractivity contribution in [1.29, 1.82) is 0 Å². The van der Waals surface area contributed by atoms with Gasteiger partial charge < -0.3 is 0 Å². The van der Waals surface area contributed by atoms with Crippen LogP contribution in [0.2, 0.25) is 0 Å². The van der Waals surface area contributed by atoms with Crippen molar-refractivity contribution in [3.63, 3.8) is 0 Å². The lowest BCUT2D eigenvalue weighted by Gasteiger charge is -2.31. The summed E-state index contributed by atoms with van der Waals surface area (Å²) >= 11 is 7.20. The molecular weight excluding hydrogens is 342 g/mol. The van der Waals surface area contributed by atoms with Crippen LogP contribution < -0.4 is 0 Å². The van der Waals surface area contributed by atoms with Gasteiger partial charge in [0.05, 0.1) is 0 Å². The fraction of sp³-hybridized carbons (Fsp3) is 0.643. The van der Waals surface area contributed by atoms with Crippen LogP contribution in [0, 0.1) is 5.41 Å². The van der Waals surface area contributed by atoms with Crippen molar-refractivity contribution < 1.29 is 0 Å². The Labute approximate surface area is 122 Å². The van der Waals surface area contributed by atoms with Gasteiger partial charge in [0.1, 0.15) is 0 Å². The third kappa shape index (κ3) is 4.70. The minimum atomic E-state index is 0.387. The molecule has 96 valence electrons. The van der Waals surface area contributed by atoms with Crippen LogP contribution in [0.15, 0.2) is 22.9 Å². The minimum Gasteiger partial charge on any atom is -0.263 e. The third-order valence-corrected chi connectivity index (χ3v) is 5.06. The summed E-state index contributed by atoms with van der Waals surface area (Å²) in [7, 11) is 0. The standard InChI is InChI=1S/C14H21Br2N/c1-3-5-6-14(4-2,11-15)8-12-7-13(16)10-17-9-12/h7,9-10H,3-6,8,11H2,1-2H3. The molecule has 1 aromatic rings. The van der Waals surface area contributed by atoms with Crippen LogP contribution in [0.25, 0.3) is 0 Å². The first-order valence-electron chi connectivity index (χ1n) is 6.31. The molecule has 0 N–H and O–H groups in total. The zero-order chi connectivity index (χ0) is 12.7.